The molecule has 1 aliphatic rings. The minimum Gasteiger partial charge on any atom is -0.384 e. The molecule has 5 nitrogen and oxygen atoms in total. The zero-order valence-electron chi connectivity index (χ0n) is 13.9. The van der Waals surface area contributed by atoms with Crippen LogP contribution in [-0.4, -0.2) is 43.8 Å². The second kappa shape index (κ2) is 7.07. The van der Waals surface area contributed by atoms with Crippen molar-refractivity contribution in [3.8, 4) is 0 Å². The molecule has 2 heterocycles. The highest BCUT2D eigenvalue weighted by molar-refractivity contribution is 5.58. The Morgan fingerprint density at radius 1 is 1.29 bits per heavy atom. The van der Waals surface area contributed by atoms with Crippen molar-refractivity contribution in [1.29, 1.82) is 0 Å². The zero-order valence-corrected chi connectivity index (χ0v) is 13.9. The van der Waals surface area contributed by atoms with Crippen LogP contribution in [0.3, 0.4) is 0 Å². The van der Waals surface area contributed by atoms with Crippen molar-refractivity contribution in [2.24, 2.45) is 5.92 Å². The molecule has 1 saturated heterocycles. The van der Waals surface area contributed by atoms with Crippen molar-refractivity contribution in [2.75, 3.05) is 44.1 Å². The third-order valence-electron chi connectivity index (χ3n) is 4.21. The Kier molecular flexibility index (Phi) is 5.39. The lowest BCUT2D eigenvalue weighted by Gasteiger charge is -2.34. The molecule has 118 valence electrons. The summed E-state index contributed by atoms with van der Waals surface area (Å²) in [6, 6.07) is 0. The van der Waals surface area contributed by atoms with Crippen molar-refractivity contribution in [2.45, 2.75) is 39.5 Å². The third-order valence-corrected chi connectivity index (χ3v) is 4.21. The molecule has 0 unspecified atom stereocenters. The smallest absolute Gasteiger partial charge is 0.137 e. The number of ether oxygens (including phenoxy) is 1. The molecule has 0 atom stereocenters. The van der Waals surface area contributed by atoms with Gasteiger partial charge in [-0.1, -0.05) is 13.8 Å². The van der Waals surface area contributed by atoms with Crippen LogP contribution in [0.5, 0.6) is 0 Å². The van der Waals surface area contributed by atoms with Crippen LogP contribution in [0.1, 0.15) is 44.0 Å². The maximum atomic E-state index is 5.28. The van der Waals surface area contributed by atoms with Crippen LogP contribution in [0.15, 0.2) is 0 Å². The predicted molar refractivity (Wildman–Crippen MR) is 87.2 cm³/mol. The van der Waals surface area contributed by atoms with Crippen LogP contribution >= 0.6 is 0 Å². The summed E-state index contributed by atoms with van der Waals surface area (Å²) in [5.74, 6) is 3.97. The Morgan fingerprint density at radius 3 is 2.48 bits per heavy atom. The Hall–Kier alpha value is -1.36. The van der Waals surface area contributed by atoms with Gasteiger partial charge in [0.15, 0.2) is 0 Å². The van der Waals surface area contributed by atoms with Crippen LogP contribution < -0.4 is 10.2 Å². The van der Waals surface area contributed by atoms with E-state index in [9.17, 15) is 0 Å². The van der Waals surface area contributed by atoms with Gasteiger partial charge >= 0.3 is 0 Å². The van der Waals surface area contributed by atoms with Crippen molar-refractivity contribution in [3.63, 3.8) is 0 Å². The minimum atomic E-state index is 0.336. The zero-order chi connectivity index (χ0) is 15.4. The molecule has 1 fully saturated rings. The molecule has 5 heteroatoms. The fourth-order valence-corrected chi connectivity index (χ4v) is 2.88. The molecule has 0 bridgehead atoms. The number of nitrogens with zero attached hydrogens (tertiary/aromatic N) is 3. The van der Waals surface area contributed by atoms with Crippen molar-refractivity contribution in [3.05, 3.63) is 11.4 Å². The molecule has 0 amide bonds. The van der Waals surface area contributed by atoms with Gasteiger partial charge in [-0.25, -0.2) is 9.97 Å². The summed E-state index contributed by atoms with van der Waals surface area (Å²) >= 11 is 0. The van der Waals surface area contributed by atoms with Gasteiger partial charge in [-0.3, -0.25) is 0 Å². The lowest BCUT2D eigenvalue weighted by atomic mass is 9.97. The van der Waals surface area contributed by atoms with Crippen molar-refractivity contribution < 1.29 is 4.74 Å². The van der Waals surface area contributed by atoms with E-state index in [2.05, 4.69) is 36.0 Å². The number of hydrogen-bond donors (Lipinski definition) is 1. The number of hydrogen-bond acceptors (Lipinski definition) is 5. The molecule has 0 aliphatic carbocycles. The van der Waals surface area contributed by atoms with Crippen LogP contribution in [0.25, 0.3) is 0 Å². The van der Waals surface area contributed by atoms with Gasteiger partial charge in [0.25, 0.3) is 0 Å². The van der Waals surface area contributed by atoms with Gasteiger partial charge < -0.3 is 15.0 Å². The molecule has 1 aromatic rings. The molecule has 0 radical (unpaired) electrons. The van der Waals surface area contributed by atoms with E-state index in [1.807, 2.05) is 7.05 Å². The van der Waals surface area contributed by atoms with Crippen LogP contribution in [0, 0.1) is 12.8 Å². The van der Waals surface area contributed by atoms with Crippen molar-refractivity contribution in [1.82, 2.24) is 9.97 Å². The van der Waals surface area contributed by atoms with Gasteiger partial charge in [0, 0.05) is 45.3 Å². The molecule has 1 aliphatic heterocycles. The van der Waals surface area contributed by atoms with E-state index in [4.69, 9.17) is 9.72 Å². The van der Waals surface area contributed by atoms with Gasteiger partial charge in [0.2, 0.25) is 0 Å². The van der Waals surface area contributed by atoms with Crippen LogP contribution in [0.4, 0.5) is 11.6 Å². The lowest BCUT2D eigenvalue weighted by Crippen LogP contribution is -2.36. The summed E-state index contributed by atoms with van der Waals surface area (Å²) in [4.78, 5) is 11.8. The summed E-state index contributed by atoms with van der Waals surface area (Å²) in [6.45, 7) is 9.35. The molecule has 0 saturated carbocycles. The first-order chi connectivity index (χ1) is 10.1. The highest BCUT2D eigenvalue weighted by Crippen LogP contribution is 2.29. The molecular formula is C16H28N4O. The number of methoxy groups -OCH3 is 1. The maximum Gasteiger partial charge on any atom is 0.137 e. The summed E-state index contributed by atoms with van der Waals surface area (Å²) in [5, 5.41) is 3.20. The van der Waals surface area contributed by atoms with E-state index >= 15 is 0 Å². The maximum absolute atomic E-state index is 5.28. The van der Waals surface area contributed by atoms with E-state index in [1.165, 1.54) is 12.8 Å². The Bertz CT molecular complexity index is 468. The number of aromatic nitrogens is 2. The summed E-state index contributed by atoms with van der Waals surface area (Å²) < 4.78 is 5.28. The molecule has 0 spiro atoms. The molecule has 1 N–H and O–H groups in total. The van der Waals surface area contributed by atoms with Gasteiger partial charge in [-0.2, -0.15) is 0 Å². The topological polar surface area (TPSA) is 50.3 Å². The van der Waals surface area contributed by atoms with Crippen LogP contribution in [-0.2, 0) is 4.74 Å². The summed E-state index contributed by atoms with van der Waals surface area (Å²) in [7, 11) is 3.71. The number of piperidine rings is 1. The summed E-state index contributed by atoms with van der Waals surface area (Å²) in [6.07, 6.45) is 2.34. The minimum absolute atomic E-state index is 0.336. The van der Waals surface area contributed by atoms with E-state index in [0.717, 1.165) is 42.7 Å². The first kappa shape index (κ1) is 16.0. The molecule has 2 rings (SSSR count). The van der Waals surface area contributed by atoms with Gasteiger partial charge in [-0.15, -0.1) is 0 Å². The average molecular weight is 292 g/mol. The van der Waals surface area contributed by atoms with E-state index in [0.29, 0.717) is 11.8 Å². The van der Waals surface area contributed by atoms with E-state index in [-0.39, 0.29) is 0 Å². The van der Waals surface area contributed by atoms with Crippen molar-refractivity contribution >= 4 is 11.6 Å². The largest absolute Gasteiger partial charge is 0.384 e. The number of nitrogens with one attached hydrogen (secondary N) is 1. The molecular weight excluding hydrogens is 264 g/mol. The highest BCUT2D eigenvalue weighted by atomic mass is 16.5. The van der Waals surface area contributed by atoms with Gasteiger partial charge in [0.05, 0.1) is 0 Å². The average Bonchev–Trinajstić information content (AvgIpc) is 2.48. The Balaban J connectivity index is 2.21. The van der Waals surface area contributed by atoms with Gasteiger partial charge in [-0.05, 0) is 25.7 Å². The standard InChI is InChI=1S/C16H28N4O/c1-11(2)14-18-15(17-4)12(3)16(19-14)20-8-6-13(7-9-20)10-21-5/h11,13H,6-10H2,1-5H3,(H,17,18,19). The Labute approximate surface area is 128 Å². The SMILES string of the molecule is CNc1nc(C(C)C)nc(N2CCC(COC)CC2)c1C. The van der Waals surface area contributed by atoms with E-state index in [1.54, 1.807) is 7.11 Å². The molecule has 21 heavy (non-hydrogen) atoms. The van der Waals surface area contributed by atoms with Gasteiger partial charge in [0.1, 0.15) is 17.5 Å². The monoisotopic (exact) mass is 292 g/mol. The predicted octanol–water partition coefficient (Wildman–Crippen LogP) is 2.81. The first-order valence-electron chi connectivity index (χ1n) is 7.87. The normalized spacial score (nSPS) is 16.6. The highest BCUT2D eigenvalue weighted by Gasteiger charge is 2.23. The fourth-order valence-electron chi connectivity index (χ4n) is 2.88. The number of rotatable bonds is 5. The molecule has 1 aromatic heterocycles. The van der Waals surface area contributed by atoms with Crippen LogP contribution in [0.2, 0.25) is 0 Å². The fraction of sp³-hybridized carbons (Fsp3) is 0.750. The first-order valence-corrected chi connectivity index (χ1v) is 7.87. The quantitative estimate of drug-likeness (QED) is 0.904. The number of anilines is 2. The second-order valence-electron chi connectivity index (χ2n) is 6.17. The Morgan fingerprint density at radius 2 is 1.95 bits per heavy atom. The second-order valence-corrected chi connectivity index (χ2v) is 6.17. The lowest BCUT2D eigenvalue weighted by molar-refractivity contribution is 0.139. The summed E-state index contributed by atoms with van der Waals surface area (Å²) in [5.41, 5.74) is 1.15. The molecule has 0 aromatic carbocycles. The third kappa shape index (κ3) is 3.64. The van der Waals surface area contributed by atoms with E-state index < -0.39 is 0 Å².